The van der Waals surface area contributed by atoms with Crippen LogP contribution in [0.25, 0.3) is 0 Å². The first-order valence-corrected chi connectivity index (χ1v) is 7.53. The van der Waals surface area contributed by atoms with Gasteiger partial charge < -0.3 is 25.8 Å². The second-order valence-corrected chi connectivity index (χ2v) is 4.80. The summed E-state index contributed by atoms with van der Waals surface area (Å²) in [6, 6.07) is 7.00. The van der Waals surface area contributed by atoms with E-state index in [9.17, 15) is 4.79 Å². The second-order valence-electron chi connectivity index (χ2n) is 4.80. The van der Waals surface area contributed by atoms with E-state index in [-0.39, 0.29) is 0 Å². The minimum Gasteiger partial charge on any atom is -0.462 e. The van der Waals surface area contributed by atoms with Gasteiger partial charge in [0.05, 0.1) is 24.5 Å². The van der Waals surface area contributed by atoms with Crippen molar-refractivity contribution in [3.05, 3.63) is 36.2 Å². The number of nitrogens with two attached hydrogens (primary N) is 1. The molecule has 0 fully saturated rings. The van der Waals surface area contributed by atoms with Crippen LogP contribution in [0.1, 0.15) is 17.3 Å². The molecule has 0 saturated heterocycles. The summed E-state index contributed by atoms with van der Waals surface area (Å²) in [5.41, 5.74) is 7.41. The van der Waals surface area contributed by atoms with E-state index in [2.05, 4.69) is 20.6 Å². The van der Waals surface area contributed by atoms with Crippen LogP contribution in [-0.2, 0) is 9.47 Å². The van der Waals surface area contributed by atoms with Crippen LogP contribution in [0.5, 0.6) is 0 Å². The van der Waals surface area contributed by atoms with E-state index in [1.54, 1.807) is 38.3 Å². The van der Waals surface area contributed by atoms with Gasteiger partial charge in [-0.15, -0.1) is 0 Å². The lowest BCUT2D eigenvalue weighted by Crippen LogP contribution is -2.13. The highest BCUT2D eigenvalue weighted by atomic mass is 16.5. The molecule has 1 aromatic carbocycles. The first-order valence-electron chi connectivity index (χ1n) is 7.53. The number of benzene rings is 1. The summed E-state index contributed by atoms with van der Waals surface area (Å²) in [6.45, 7) is 3.15. The maximum Gasteiger partial charge on any atom is 0.340 e. The lowest BCUT2D eigenvalue weighted by molar-refractivity contribution is 0.0527. The largest absolute Gasteiger partial charge is 0.462 e. The highest BCUT2D eigenvalue weighted by molar-refractivity contribution is 5.97. The Hall–Kier alpha value is -2.87. The number of rotatable bonds is 8. The zero-order chi connectivity index (χ0) is 17.4. The summed E-state index contributed by atoms with van der Waals surface area (Å²) >= 11 is 0. The molecule has 0 radical (unpaired) electrons. The Bertz CT molecular complexity index is 693. The standard InChI is InChI=1S/C16H21N5O3/c1-3-24-16(22)11-6-4-5-7-12(11)21-15-13(17)14(19-10-20-15)18-8-9-23-2/h4-7,10H,3,8-9,17H2,1-2H3,(H2,18,19,20,21). The molecule has 0 amide bonds. The highest BCUT2D eigenvalue weighted by Gasteiger charge is 2.14. The fourth-order valence-corrected chi connectivity index (χ4v) is 2.01. The maximum absolute atomic E-state index is 12.0. The zero-order valence-electron chi connectivity index (χ0n) is 13.7. The number of nitrogen functional groups attached to an aromatic ring is 1. The van der Waals surface area contributed by atoms with Gasteiger partial charge in [0.2, 0.25) is 0 Å². The van der Waals surface area contributed by atoms with Crippen molar-refractivity contribution in [2.24, 2.45) is 0 Å². The van der Waals surface area contributed by atoms with Gasteiger partial charge in [-0.3, -0.25) is 0 Å². The number of hydrogen-bond donors (Lipinski definition) is 3. The summed E-state index contributed by atoms with van der Waals surface area (Å²) in [4.78, 5) is 20.3. The van der Waals surface area contributed by atoms with Crippen LogP contribution in [0.15, 0.2) is 30.6 Å². The topological polar surface area (TPSA) is 111 Å². The van der Waals surface area contributed by atoms with Gasteiger partial charge in [0.1, 0.15) is 12.0 Å². The molecule has 0 aliphatic carbocycles. The molecule has 0 saturated carbocycles. The SMILES string of the molecule is CCOC(=O)c1ccccc1Nc1ncnc(NCCOC)c1N. The summed E-state index contributed by atoms with van der Waals surface area (Å²) in [7, 11) is 1.62. The van der Waals surface area contributed by atoms with E-state index in [0.29, 0.717) is 48.3 Å². The number of anilines is 4. The molecule has 2 aromatic rings. The second kappa shape index (κ2) is 8.68. The molecule has 0 atom stereocenters. The average Bonchev–Trinajstić information content (AvgIpc) is 2.59. The van der Waals surface area contributed by atoms with Crippen molar-refractivity contribution in [1.29, 1.82) is 0 Å². The van der Waals surface area contributed by atoms with Gasteiger partial charge in [-0.1, -0.05) is 12.1 Å². The van der Waals surface area contributed by atoms with Crippen molar-refractivity contribution in [3.63, 3.8) is 0 Å². The van der Waals surface area contributed by atoms with Crippen LogP contribution in [-0.4, -0.2) is 42.8 Å². The number of carbonyl (C=O) groups is 1. The van der Waals surface area contributed by atoms with Crippen LogP contribution in [0, 0.1) is 0 Å². The third kappa shape index (κ3) is 4.32. The molecule has 2 rings (SSSR count). The van der Waals surface area contributed by atoms with Crippen LogP contribution in [0.4, 0.5) is 23.0 Å². The summed E-state index contributed by atoms with van der Waals surface area (Å²) in [5.74, 6) is 0.492. The molecule has 1 aromatic heterocycles. The number of hydrogen-bond acceptors (Lipinski definition) is 8. The van der Waals surface area contributed by atoms with Gasteiger partial charge in [0.25, 0.3) is 0 Å². The minimum absolute atomic E-state index is 0.302. The number of methoxy groups -OCH3 is 1. The molecular formula is C16H21N5O3. The quantitative estimate of drug-likeness (QED) is 0.498. The van der Waals surface area contributed by atoms with Crippen molar-refractivity contribution >= 4 is 29.0 Å². The maximum atomic E-state index is 12.0. The van der Waals surface area contributed by atoms with Crippen molar-refractivity contribution in [1.82, 2.24) is 9.97 Å². The highest BCUT2D eigenvalue weighted by Crippen LogP contribution is 2.27. The van der Waals surface area contributed by atoms with Gasteiger partial charge in [-0.2, -0.15) is 0 Å². The number of nitrogens with one attached hydrogen (secondary N) is 2. The van der Waals surface area contributed by atoms with Crippen LogP contribution < -0.4 is 16.4 Å². The van der Waals surface area contributed by atoms with Crippen molar-refractivity contribution in [2.45, 2.75) is 6.92 Å². The molecule has 0 bridgehead atoms. The zero-order valence-corrected chi connectivity index (χ0v) is 13.7. The molecular weight excluding hydrogens is 310 g/mol. The molecule has 0 aliphatic heterocycles. The van der Waals surface area contributed by atoms with E-state index in [0.717, 1.165) is 0 Å². The van der Waals surface area contributed by atoms with Crippen molar-refractivity contribution in [3.8, 4) is 0 Å². The predicted molar refractivity (Wildman–Crippen MR) is 92.5 cm³/mol. The van der Waals surface area contributed by atoms with Crippen LogP contribution in [0.2, 0.25) is 0 Å². The number of ether oxygens (including phenoxy) is 2. The lowest BCUT2D eigenvalue weighted by Gasteiger charge is -2.14. The Morgan fingerprint density at radius 3 is 2.75 bits per heavy atom. The molecule has 1 heterocycles. The minimum atomic E-state index is -0.410. The fourth-order valence-electron chi connectivity index (χ4n) is 2.01. The van der Waals surface area contributed by atoms with Gasteiger partial charge in [0.15, 0.2) is 11.6 Å². The molecule has 24 heavy (non-hydrogen) atoms. The third-order valence-corrected chi connectivity index (χ3v) is 3.16. The van der Waals surface area contributed by atoms with E-state index in [1.165, 1.54) is 6.33 Å². The molecule has 8 nitrogen and oxygen atoms in total. The van der Waals surface area contributed by atoms with Gasteiger partial charge in [0, 0.05) is 13.7 Å². The number of carbonyl (C=O) groups excluding carboxylic acids is 1. The molecule has 0 aliphatic rings. The van der Waals surface area contributed by atoms with E-state index >= 15 is 0 Å². The van der Waals surface area contributed by atoms with E-state index < -0.39 is 5.97 Å². The Kier molecular flexibility index (Phi) is 6.32. The summed E-state index contributed by atoms with van der Waals surface area (Å²) in [5, 5.41) is 6.13. The van der Waals surface area contributed by atoms with Gasteiger partial charge in [-0.25, -0.2) is 14.8 Å². The summed E-state index contributed by atoms with van der Waals surface area (Å²) < 4.78 is 10.0. The van der Waals surface area contributed by atoms with Crippen LogP contribution >= 0.6 is 0 Å². The monoisotopic (exact) mass is 331 g/mol. The molecule has 128 valence electrons. The van der Waals surface area contributed by atoms with Crippen molar-refractivity contribution in [2.75, 3.05) is 43.2 Å². The number of para-hydroxylation sites is 1. The average molecular weight is 331 g/mol. The molecule has 0 unspecified atom stereocenters. The Morgan fingerprint density at radius 1 is 1.25 bits per heavy atom. The van der Waals surface area contributed by atoms with E-state index in [4.69, 9.17) is 15.2 Å². The van der Waals surface area contributed by atoms with Gasteiger partial charge in [-0.05, 0) is 19.1 Å². The fraction of sp³-hybridized carbons (Fsp3) is 0.312. The predicted octanol–water partition coefficient (Wildman–Crippen LogP) is 2.04. The number of esters is 1. The van der Waals surface area contributed by atoms with E-state index in [1.807, 2.05) is 0 Å². The Morgan fingerprint density at radius 2 is 2.00 bits per heavy atom. The summed E-state index contributed by atoms with van der Waals surface area (Å²) in [6.07, 6.45) is 1.39. The van der Waals surface area contributed by atoms with Crippen molar-refractivity contribution < 1.29 is 14.3 Å². The number of nitrogens with zero attached hydrogens (tertiary/aromatic N) is 2. The number of aromatic nitrogens is 2. The Labute approximate surface area is 140 Å². The lowest BCUT2D eigenvalue weighted by atomic mass is 10.2. The molecule has 8 heteroatoms. The first kappa shape index (κ1) is 17.5. The van der Waals surface area contributed by atoms with Gasteiger partial charge >= 0.3 is 5.97 Å². The first-order chi connectivity index (χ1) is 11.7. The van der Waals surface area contributed by atoms with Crippen LogP contribution in [0.3, 0.4) is 0 Å². The third-order valence-electron chi connectivity index (χ3n) is 3.16. The normalized spacial score (nSPS) is 10.2. The smallest absolute Gasteiger partial charge is 0.340 e. The molecule has 0 spiro atoms. The molecule has 4 N–H and O–H groups in total. The Balaban J connectivity index is 2.22.